The van der Waals surface area contributed by atoms with Crippen molar-refractivity contribution in [2.45, 2.75) is 18.9 Å². The van der Waals surface area contributed by atoms with Gasteiger partial charge in [-0.05, 0) is 6.42 Å². The number of nitrogens with zero attached hydrogens (tertiary/aromatic N) is 1. The number of aliphatic imine (C=N–C) groups is 1. The van der Waals surface area contributed by atoms with Gasteiger partial charge in [0.1, 0.15) is 6.04 Å². The largest absolute Gasteiger partial charge is 0.480 e. The molecular weight excluding hydrogens is 292 g/mol. The molecule has 23 heavy (non-hydrogen) atoms. The lowest BCUT2D eigenvalue weighted by Crippen LogP contribution is -2.30. The van der Waals surface area contributed by atoms with Gasteiger partial charge in [-0.3, -0.25) is 9.59 Å². The van der Waals surface area contributed by atoms with Crippen LogP contribution in [0.2, 0.25) is 0 Å². The summed E-state index contributed by atoms with van der Waals surface area (Å²) in [4.78, 5) is 27.0. The summed E-state index contributed by atoms with van der Waals surface area (Å²) in [6, 6.07) is 17.7. The highest BCUT2D eigenvalue weighted by atomic mass is 16.4. The Morgan fingerprint density at radius 2 is 1.43 bits per heavy atom. The van der Waals surface area contributed by atoms with Gasteiger partial charge in [-0.15, -0.1) is 0 Å². The number of carboxylic acids is 1. The molecule has 0 aliphatic heterocycles. The molecular formula is C18H18N2O3. The van der Waals surface area contributed by atoms with E-state index in [0.29, 0.717) is 5.71 Å². The van der Waals surface area contributed by atoms with Gasteiger partial charge in [0.15, 0.2) is 0 Å². The topological polar surface area (TPSA) is 92.8 Å². The van der Waals surface area contributed by atoms with Crippen LogP contribution in [-0.2, 0) is 9.59 Å². The summed E-state index contributed by atoms with van der Waals surface area (Å²) in [6.07, 6.45) is 0.0607. The van der Waals surface area contributed by atoms with Gasteiger partial charge in [0.25, 0.3) is 0 Å². The van der Waals surface area contributed by atoms with Crippen molar-refractivity contribution >= 4 is 17.6 Å². The summed E-state index contributed by atoms with van der Waals surface area (Å²) in [5.41, 5.74) is 7.64. The lowest BCUT2D eigenvalue weighted by molar-refractivity contribution is -0.138. The molecule has 0 radical (unpaired) electrons. The van der Waals surface area contributed by atoms with Gasteiger partial charge in [0.2, 0.25) is 5.91 Å². The van der Waals surface area contributed by atoms with Gasteiger partial charge in [-0.2, -0.15) is 0 Å². The fourth-order valence-electron chi connectivity index (χ4n) is 2.07. The fourth-order valence-corrected chi connectivity index (χ4v) is 2.07. The van der Waals surface area contributed by atoms with E-state index in [1.54, 1.807) is 0 Å². The molecule has 0 saturated carbocycles. The first kappa shape index (κ1) is 16.6. The highest BCUT2D eigenvalue weighted by Crippen LogP contribution is 2.12. The minimum Gasteiger partial charge on any atom is -0.480 e. The van der Waals surface area contributed by atoms with Crippen LogP contribution in [0.1, 0.15) is 24.0 Å². The molecule has 2 rings (SSSR count). The maximum absolute atomic E-state index is 12.1. The number of carbonyl (C=O) groups excluding carboxylic acids is 1. The van der Waals surface area contributed by atoms with E-state index in [2.05, 4.69) is 4.99 Å². The van der Waals surface area contributed by atoms with E-state index < -0.39 is 12.0 Å². The highest BCUT2D eigenvalue weighted by molar-refractivity contribution is 6.16. The zero-order chi connectivity index (χ0) is 16.7. The van der Waals surface area contributed by atoms with Crippen LogP contribution in [-0.4, -0.2) is 28.7 Å². The van der Waals surface area contributed by atoms with Crippen LogP contribution in [0.5, 0.6) is 0 Å². The van der Waals surface area contributed by atoms with Crippen LogP contribution >= 0.6 is 0 Å². The summed E-state index contributed by atoms with van der Waals surface area (Å²) < 4.78 is 0. The second-order valence-corrected chi connectivity index (χ2v) is 5.07. The number of benzene rings is 2. The number of carbonyl (C=O) groups is 2. The normalized spacial score (nSPS) is 11.5. The molecule has 2 aromatic rings. The number of hydrogen-bond donors (Lipinski definition) is 2. The highest BCUT2D eigenvalue weighted by Gasteiger charge is 2.14. The van der Waals surface area contributed by atoms with E-state index in [9.17, 15) is 9.59 Å². The molecule has 3 N–H and O–H groups in total. The van der Waals surface area contributed by atoms with Crippen LogP contribution in [0.4, 0.5) is 0 Å². The van der Waals surface area contributed by atoms with Gasteiger partial charge in [-0.25, -0.2) is 4.99 Å². The number of nitrogens with two attached hydrogens (primary N) is 1. The van der Waals surface area contributed by atoms with Crippen molar-refractivity contribution < 1.29 is 14.7 Å². The lowest BCUT2D eigenvalue weighted by Gasteiger charge is -2.08. The number of carboxylic acid groups (broad SMARTS) is 1. The van der Waals surface area contributed by atoms with E-state index in [4.69, 9.17) is 10.8 Å². The fraction of sp³-hybridized carbons (Fsp3) is 0.167. The summed E-state index contributed by atoms with van der Waals surface area (Å²) in [6.45, 7) is 0. The molecule has 0 aliphatic carbocycles. The van der Waals surface area contributed by atoms with Gasteiger partial charge < -0.3 is 10.8 Å². The van der Waals surface area contributed by atoms with Crippen molar-refractivity contribution in [3.63, 3.8) is 0 Å². The first-order chi connectivity index (χ1) is 11.1. The van der Waals surface area contributed by atoms with E-state index in [-0.39, 0.29) is 18.7 Å². The SMILES string of the molecule is NC(CCC(=O)N=C(c1ccccc1)c1ccccc1)C(=O)O. The van der Waals surface area contributed by atoms with Gasteiger partial charge >= 0.3 is 5.97 Å². The molecule has 0 heterocycles. The van der Waals surface area contributed by atoms with Crippen molar-refractivity contribution in [3.8, 4) is 0 Å². The van der Waals surface area contributed by atoms with Gasteiger partial charge in [0, 0.05) is 17.5 Å². The first-order valence-corrected chi connectivity index (χ1v) is 7.28. The molecule has 0 aliphatic rings. The Labute approximate surface area is 134 Å². The maximum Gasteiger partial charge on any atom is 0.320 e. The molecule has 0 fully saturated rings. The summed E-state index contributed by atoms with van der Waals surface area (Å²) in [5, 5.41) is 8.76. The maximum atomic E-state index is 12.1. The molecule has 1 amide bonds. The van der Waals surface area contributed by atoms with Crippen LogP contribution < -0.4 is 5.73 Å². The monoisotopic (exact) mass is 310 g/mol. The number of hydrogen-bond acceptors (Lipinski definition) is 3. The van der Waals surface area contributed by atoms with E-state index >= 15 is 0 Å². The summed E-state index contributed by atoms with van der Waals surface area (Å²) in [7, 11) is 0. The predicted molar refractivity (Wildman–Crippen MR) is 88.4 cm³/mol. The number of aliphatic carboxylic acids is 1. The molecule has 5 heteroatoms. The Balaban J connectivity index is 2.24. The second-order valence-electron chi connectivity index (χ2n) is 5.07. The second kappa shape index (κ2) is 8.00. The average Bonchev–Trinajstić information content (AvgIpc) is 2.59. The molecule has 2 aromatic carbocycles. The minimum atomic E-state index is -1.12. The van der Waals surface area contributed by atoms with Gasteiger partial charge in [-0.1, -0.05) is 60.7 Å². The molecule has 1 unspecified atom stereocenters. The molecule has 118 valence electrons. The number of amides is 1. The Morgan fingerprint density at radius 1 is 0.957 bits per heavy atom. The predicted octanol–water partition coefficient (Wildman–Crippen LogP) is 2.24. The molecule has 0 bridgehead atoms. The van der Waals surface area contributed by atoms with Gasteiger partial charge in [0.05, 0.1) is 5.71 Å². The molecule has 0 aromatic heterocycles. The van der Waals surface area contributed by atoms with Crippen molar-refractivity contribution in [2.24, 2.45) is 10.7 Å². The van der Waals surface area contributed by atoms with E-state index in [1.165, 1.54) is 0 Å². The summed E-state index contributed by atoms with van der Waals surface area (Å²) in [5.74, 6) is -1.50. The van der Waals surface area contributed by atoms with Crippen molar-refractivity contribution in [2.75, 3.05) is 0 Å². The first-order valence-electron chi connectivity index (χ1n) is 7.28. The standard InChI is InChI=1S/C18H18N2O3/c19-15(18(22)23)11-12-16(21)20-17(13-7-3-1-4-8-13)14-9-5-2-6-10-14/h1-10,15H,11-12,19H2,(H,22,23). The minimum absolute atomic E-state index is 0.00334. The van der Waals surface area contributed by atoms with E-state index in [1.807, 2.05) is 60.7 Å². The third-order valence-corrected chi connectivity index (χ3v) is 3.32. The third kappa shape index (κ3) is 4.86. The van der Waals surface area contributed by atoms with Crippen molar-refractivity contribution in [3.05, 3.63) is 71.8 Å². The van der Waals surface area contributed by atoms with E-state index in [0.717, 1.165) is 11.1 Å². The Bertz CT molecular complexity index is 655. The quantitative estimate of drug-likeness (QED) is 0.800. The van der Waals surface area contributed by atoms with Crippen molar-refractivity contribution in [1.82, 2.24) is 0 Å². The zero-order valence-electron chi connectivity index (χ0n) is 12.6. The van der Waals surface area contributed by atoms with Crippen LogP contribution in [0.25, 0.3) is 0 Å². The third-order valence-electron chi connectivity index (χ3n) is 3.32. The van der Waals surface area contributed by atoms with Crippen LogP contribution in [0.15, 0.2) is 65.7 Å². The zero-order valence-corrected chi connectivity index (χ0v) is 12.6. The molecule has 1 atom stereocenters. The average molecular weight is 310 g/mol. The Morgan fingerprint density at radius 3 is 1.87 bits per heavy atom. The molecule has 0 spiro atoms. The Hall–Kier alpha value is -2.79. The smallest absolute Gasteiger partial charge is 0.320 e. The summed E-state index contributed by atoms with van der Waals surface area (Å²) >= 11 is 0. The molecule has 0 saturated heterocycles. The molecule has 5 nitrogen and oxygen atoms in total. The Kier molecular flexibility index (Phi) is 5.77. The van der Waals surface area contributed by atoms with Crippen molar-refractivity contribution in [1.29, 1.82) is 0 Å². The lowest BCUT2D eigenvalue weighted by atomic mass is 10.0. The number of rotatable bonds is 6. The van der Waals surface area contributed by atoms with Crippen LogP contribution in [0, 0.1) is 0 Å². The van der Waals surface area contributed by atoms with Crippen LogP contribution in [0.3, 0.4) is 0 Å².